The molecule has 2 amide bonds. The molecule has 0 fully saturated rings. The van der Waals surface area contributed by atoms with Crippen molar-refractivity contribution in [3.05, 3.63) is 90.6 Å². The molecule has 1 heterocycles. The molecule has 170 valence electrons. The van der Waals surface area contributed by atoms with E-state index in [2.05, 4.69) is 76.6 Å². The van der Waals surface area contributed by atoms with Crippen molar-refractivity contribution in [3.63, 3.8) is 0 Å². The molecule has 6 nitrogen and oxygen atoms in total. The zero-order chi connectivity index (χ0) is 23.2. The number of carbonyl (C=O) groups is 1. The van der Waals surface area contributed by atoms with Gasteiger partial charge < -0.3 is 25.0 Å². The SMILES string of the molecule is CN(C)CCn1ccc2cc(NC(=O)Nc3ccc(N(C)Cc4ccccc4)cc3)ccc21. The molecule has 0 bridgehead atoms. The molecule has 3 aromatic carbocycles. The van der Waals surface area contributed by atoms with Crippen molar-refractivity contribution < 1.29 is 4.79 Å². The number of anilines is 3. The van der Waals surface area contributed by atoms with E-state index in [1.165, 1.54) is 5.56 Å². The number of fused-ring (bicyclic) bond motifs is 1. The Bertz CT molecular complexity index is 1200. The Morgan fingerprint density at radius 1 is 0.848 bits per heavy atom. The second kappa shape index (κ2) is 10.2. The van der Waals surface area contributed by atoms with E-state index < -0.39 is 0 Å². The fourth-order valence-corrected chi connectivity index (χ4v) is 3.82. The highest BCUT2D eigenvalue weighted by Crippen LogP contribution is 2.22. The van der Waals surface area contributed by atoms with E-state index in [1.807, 2.05) is 54.6 Å². The summed E-state index contributed by atoms with van der Waals surface area (Å²) < 4.78 is 2.23. The maximum Gasteiger partial charge on any atom is 0.323 e. The van der Waals surface area contributed by atoms with Gasteiger partial charge in [0, 0.05) is 60.8 Å². The summed E-state index contributed by atoms with van der Waals surface area (Å²) in [6, 6.07) is 26.1. The van der Waals surface area contributed by atoms with Crippen LogP contribution in [0.5, 0.6) is 0 Å². The van der Waals surface area contributed by atoms with Crippen molar-refractivity contribution in [3.8, 4) is 0 Å². The first-order valence-electron chi connectivity index (χ1n) is 11.1. The molecular weight excluding hydrogens is 410 g/mol. The number of benzene rings is 3. The highest BCUT2D eigenvalue weighted by molar-refractivity contribution is 6.01. The number of rotatable bonds is 8. The van der Waals surface area contributed by atoms with Crippen LogP contribution in [0.4, 0.5) is 21.9 Å². The summed E-state index contributed by atoms with van der Waals surface area (Å²) in [6.45, 7) is 2.74. The van der Waals surface area contributed by atoms with E-state index in [-0.39, 0.29) is 6.03 Å². The van der Waals surface area contributed by atoms with Gasteiger partial charge in [-0.1, -0.05) is 30.3 Å². The first kappa shape index (κ1) is 22.4. The van der Waals surface area contributed by atoms with Crippen LogP contribution in [0.3, 0.4) is 0 Å². The molecular formula is C27H31N5O. The Kier molecular flexibility index (Phi) is 6.95. The largest absolute Gasteiger partial charge is 0.370 e. The van der Waals surface area contributed by atoms with Gasteiger partial charge in [0.2, 0.25) is 0 Å². The van der Waals surface area contributed by atoms with E-state index in [0.717, 1.165) is 47.6 Å². The molecule has 0 aliphatic carbocycles. The molecule has 0 aliphatic heterocycles. The standard InChI is InChI=1S/C27H31N5O/c1-30(2)17-18-32-16-15-22-19-24(11-14-26(22)32)29-27(33)28-23-9-12-25(13-10-23)31(3)20-21-7-5-4-6-8-21/h4-16,19H,17-18,20H2,1-3H3,(H2,28,29,33). The number of aromatic nitrogens is 1. The Labute approximate surface area is 195 Å². The van der Waals surface area contributed by atoms with Gasteiger partial charge in [-0.15, -0.1) is 0 Å². The van der Waals surface area contributed by atoms with Gasteiger partial charge in [0.1, 0.15) is 0 Å². The quantitative estimate of drug-likeness (QED) is 0.381. The van der Waals surface area contributed by atoms with Gasteiger partial charge in [0.15, 0.2) is 0 Å². The maximum atomic E-state index is 12.5. The Hall–Kier alpha value is -3.77. The Morgan fingerprint density at radius 2 is 1.55 bits per heavy atom. The summed E-state index contributed by atoms with van der Waals surface area (Å²) in [4.78, 5) is 16.9. The fourth-order valence-electron chi connectivity index (χ4n) is 3.82. The number of likely N-dealkylation sites (N-methyl/N-ethyl adjacent to an activating group) is 1. The van der Waals surface area contributed by atoms with Gasteiger partial charge in [0.05, 0.1) is 0 Å². The van der Waals surface area contributed by atoms with Crippen molar-refractivity contribution in [1.82, 2.24) is 9.47 Å². The van der Waals surface area contributed by atoms with Gasteiger partial charge in [-0.2, -0.15) is 0 Å². The Balaban J connectivity index is 1.34. The molecule has 0 saturated carbocycles. The maximum absolute atomic E-state index is 12.5. The monoisotopic (exact) mass is 441 g/mol. The molecule has 0 spiro atoms. The van der Waals surface area contributed by atoms with Gasteiger partial charge in [-0.05, 0) is 68.2 Å². The van der Waals surface area contributed by atoms with Gasteiger partial charge >= 0.3 is 6.03 Å². The van der Waals surface area contributed by atoms with Crippen LogP contribution in [-0.4, -0.2) is 43.2 Å². The Morgan fingerprint density at radius 3 is 2.27 bits per heavy atom. The molecule has 0 unspecified atom stereocenters. The zero-order valence-electron chi connectivity index (χ0n) is 19.5. The van der Waals surface area contributed by atoms with Gasteiger partial charge in [0.25, 0.3) is 0 Å². The second-order valence-electron chi connectivity index (χ2n) is 8.55. The van der Waals surface area contributed by atoms with Crippen molar-refractivity contribution in [2.75, 3.05) is 43.2 Å². The zero-order valence-corrected chi connectivity index (χ0v) is 19.5. The third-order valence-electron chi connectivity index (χ3n) is 5.65. The number of hydrogen-bond donors (Lipinski definition) is 2. The van der Waals surface area contributed by atoms with Crippen molar-refractivity contribution >= 4 is 34.0 Å². The molecule has 2 N–H and O–H groups in total. The van der Waals surface area contributed by atoms with Crippen LogP contribution < -0.4 is 15.5 Å². The third kappa shape index (κ3) is 5.93. The topological polar surface area (TPSA) is 52.5 Å². The number of nitrogens with zero attached hydrogens (tertiary/aromatic N) is 3. The minimum absolute atomic E-state index is 0.258. The second-order valence-corrected chi connectivity index (χ2v) is 8.55. The summed E-state index contributed by atoms with van der Waals surface area (Å²) in [5, 5.41) is 6.96. The van der Waals surface area contributed by atoms with Crippen molar-refractivity contribution in [2.24, 2.45) is 0 Å². The van der Waals surface area contributed by atoms with Crippen LogP contribution in [0, 0.1) is 0 Å². The summed E-state index contributed by atoms with van der Waals surface area (Å²) in [7, 11) is 6.21. The van der Waals surface area contributed by atoms with Crippen LogP contribution in [0.2, 0.25) is 0 Å². The van der Waals surface area contributed by atoms with E-state index in [9.17, 15) is 4.79 Å². The first-order chi connectivity index (χ1) is 16.0. The van der Waals surface area contributed by atoms with Crippen LogP contribution in [0.15, 0.2) is 85.1 Å². The van der Waals surface area contributed by atoms with E-state index in [0.29, 0.717) is 0 Å². The van der Waals surface area contributed by atoms with Gasteiger partial charge in [-0.25, -0.2) is 4.79 Å². The highest BCUT2D eigenvalue weighted by atomic mass is 16.2. The molecule has 0 radical (unpaired) electrons. The smallest absolute Gasteiger partial charge is 0.323 e. The summed E-state index contributed by atoms with van der Waals surface area (Å²) in [6.07, 6.45) is 2.09. The number of urea groups is 1. The van der Waals surface area contributed by atoms with E-state index >= 15 is 0 Å². The fraction of sp³-hybridized carbons (Fsp3) is 0.222. The van der Waals surface area contributed by atoms with Crippen LogP contribution in [-0.2, 0) is 13.1 Å². The minimum atomic E-state index is -0.258. The van der Waals surface area contributed by atoms with E-state index in [1.54, 1.807) is 0 Å². The molecule has 33 heavy (non-hydrogen) atoms. The number of carbonyl (C=O) groups excluding carboxylic acids is 1. The lowest BCUT2D eigenvalue weighted by molar-refractivity contribution is 0.262. The normalized spacial score (nSPS) is 11.0. The average molecular weight is 442 g/mol. The van der Waals surface area contributed by atoms with E-state index in [4.69, 9.17) is 0 Å². The third-order valence-corrected chi connectivity index (χ3v) is 5.65. The van der Waals surface area contributed by atoms with Crippen molar-refractivity contribution in [2.45, 2.75) is 13.1 Å². The first-order valence-corrected chi connectivity index (χ1v) is 11.1. The number of amides is 2. The minimum Gasteiger partial charge on any atom is -0.370 e. The lowest BCUT2D eigenvalue weighted by Crippen LogP contribution is -2.20. The van der Waals surface area contributed by atoms with Gasteiger partial charge in [-0.3, -0.25) is 0 Å². The molecule has 0 saturated heterocycles. The molecule has 6 heteroatoms. The van der Waals surface area contributed by atoms with Crippen LogP contribution in [0.25, 0.3) is 10.9 Å². The van der Waals surface area contributed by atoms with Crippen molar-refractivity contribution in [1.29, 1.82) is 0 Å². The lowest BCUT2D eigenvalue weighted by Gasteiger charge is -2.20. The molecule has 0 atom stereocenters. The highest BCUT2D eigenvalue weighted by Gasteiger charge is 2.07. The molecule has 1 aromatic heterocycles. The van der Waals surface area contributed by atoms with Crippen LogP contribution >= 0.6 is 0 Å². The predicted molar refractivity (Wildman–Crippen MR) is 138 cm³/mol. The number of nitrogens with one attached hydrogen (secondary N) is 2. The average Bonchev–Trinajstić information content (AvgIpc) is 3.21. The number of hydrogen-bond acceptors (Lipinski definition) is 3. The van der Waals surface area contributed by atoms with Crippen LogP contribution in [0.1, 0.15) is 5.56 Å². The molecule has 4 aromatic rings. The summed E-state index contributed by atoms with van der Waals surface area (Å²) >= 11 is 0. The molecule has 0 aliphatic rings. The summed E-state index contributed by atoms with van der Waals surface area (Å²) in [5.74, 6) is 0. The predicted octanol–water partition coefficient (Wildman–Crippen LogP) is 5.48. The molecule has 4 rings (SSSR count). The summed E-state index contributed by atoms with van der Waals surface area (Å²) in [5.41, 5.74) is 5.03. The lowest BCUT2D eigenvalue weighted by atomic mass is 10.2.